The molecule has 4 heterocycles. The summed E-state index contributed by atoms with van der Waals surface area (Å²) in [6.07, 6.45) is 10.4. The summed E-state index contributed by atoms with van der Waals surface area (Å²) in [6.45, 7) is 13.1. The van der Waals surface area contributed by atoms with E-state index in [-0.39, 0.29) is 35.7 Å². The first kappa shape index (κ1) is 40.8. The van der Waals surface area contributed by atoms with Gasteiger partial charge >= 0.3 is 12.2 Å². The fraction of sp³-hybridized carbons (Fsp3) is 0.488. The van der Waals surface area contributed by atoms with Crippen LogP contribution in [0.15, 0.2) is 48.6 Å². The third-order valence-electron chi connectivity index (χ3n) is 10.9. The minimum atomic E-state index is -0.703. The Kier molecular flexibility index (Phi) is 12.9. The monoisotopic (exact) mass is 778 g/mol. The van der Waals surface area contributed by atoms with Crippen LogP contribution in [-0.4, -0.2) is 93.1 Å². The number of benzene rings is 1. The third-order valence-corrected chi connectivity index (χ3v) is 10.9. The number of imidazole rings is 2. The van der Waals surface area contributed by atoms with E-state index in [1.54, 1.807) is 4.90 Å². The molecule has 3 aliphatic rings. The maximum atomic E-state index is 13.7. The van der Waals surface area contributed by atoms with E-state index in [0.717, 1.165) is 89.9 Å². The second-order valence-electron chi connectivity index (χ2n) is 15.6. The highest BCUT2D eigenvalue weighted by atomic mass is 16.5. The summed E-state index contributed by atoms with van der Waals surface area (Å²) in [4.78, 5) is 71.8. The van der Waals surface area contributed by atoms with E-state index in [9.17, 15) is 19.2 Å². The first-order valence-electron chi connectivity index (χ1n) is 19.9. The zero-order valence-corrected chi connectivity index (χ0v) is 33.7. The number of alkyl carbamates (subject to hydrolysis) is 2. The number of aryl methyl sites for hydroxylation is 1. The number of methoxy groups -OCH3 is 2. The molecule has 1 aromatic carbocycles. The van der Waals surface area contributed by atoms with Crippen molar-refractivity contribution in [1.29, 1.82) is 0 Å². The number of allylic oxidation sites excluding steroid dienone is 5. The van der Waals surface area contributed by atoms with Gasteiger partial charge in [0.05, 0.1) is 43.0 Å². The molecule has 4 atom stereocenters. The Morgan fingerprint density at radius 1 is 0.825 bits per heavy atom. The SMILES string of the molecule is C=C1/C=C\C(C#Cc2ccc3[nH]c([C@@H]4CCCN4C(=O)[C@@H](NC(=O)OC)C(C)C)nc3c2)=C/CCCc2[nH]c([C@@H]3CCCN3C(=O)[C@@H](NC(=O)OC)C(C)C)nc21. The zero-order chi connectivity index (χ0) is 40.8. The van der Waals surface area contributed by atoms with Gasteiger partial charge in [-0.05, 0) is 86.6 Å². The topological polar surface area (TPSA) is 175 Å². The quantitative estimate of drug-likeness (QED) is 0.194. The number of fused-ring (bicyclic) bond motifs is 2. The van der Waals surface area contributed by atoms with E-state index in [4.69, 9.17) is 19.4 Å². The lowest BCUT2D eigenvalue weighted by Gasteiger charge is -2.30. The lowest BCUT2D eigenvalue weighted by molar-refractivity contribution is -0.136. The normalized spacial score (nSPS) is 20.9. The Morgan fingerprint density at radius 2 is 1.42 bits per heavy atom. The Balaban J connectivity index is 1.16. The number of hydrogen-bond acceptors (Lipinski definition) is 8. The van der Waals surface area contributed by atoms with Crippen LogP contribution in [0.1, 0.15) is 107 Å². The van der Waals surface area contributed by atoms with Gasteiger partial charge in [0.25, 0.3) is 0 Å². The van der Waals surface area contributed by atoms with E-state index < -0.39 is 24.3 Å². The van der Waals surface area contributed by atoms with Gasteiger partial charge in [0.15, 0.2) is 0 Å². The van der Waals surface area contributed by atoms with E-state index in [2.05, 4.69) is 45.1 Å². The van der Waals surface area contributed by atoms with Crippen molar-refractivity contribution in [2.75, 3.05) is 27.3 Å². The molecule has 6 rings (SSSR count). The van der Waals surface area contributed by atoms with Crippen molar-refractivity contribution in [2.24, 2.45) is 11.8 Å². The standard InChI is InChI=1S/C43H54N8O6/c1-25(2)35(48-42(54)56-6)40(52)50-22-10-14-33(50)38-44-30-21-20-29(24-32(30)46-38)19-18-28-12-8-9-13-31-37(27(5)16-17-28)47-39(45-31)34-15-11-23-51(34)41(53)36(26(3)4)49-43(55)57-7/h12,16-17,20-21,24-26,33-36H,5,8-11,13-15,22-23H2,1-4,6-7H3,(H,44,46)(H,45,47)(H,48,54)(H,49,55)/b17-16-,28-12+/t33-,34-,35-,36-/m0/s1. The van der Waals surface area contributed by atoms with Crippen LogP contribution in [0.3, 0.4) is 0 Å². The predicted molar refractivity (Wildman–Crippen MR) is 216 cm³/mol. The van der Waals surface area contributed by atoms with Crippen LogP contribution < -0.4 is 10.6 Å². The van der Waals surface area contributed by atoms with Crippen molar-refractivity contribution < 1.29 is 28.7 Å². The summed E-state index contributed by atoms with van der Waals surface area (Å²) in [6, 6.07) is 3.99. The Labute approximate surface area is 333 Å². The van der Waals surface area contributed by atoms with Gasteiger partial charge in [-0.3, -0.25) is 9.59 Å². The van der Waals surface area contributed by atoms with Crippen molar-refractivity contribution in [2.45, 2.75) is 96.8 Å². The smallest absolute Gasteiger partial charge is 0.407 e. The molecule has 57 heavy (non-hydrogen) atoms. The number of likely N-dealkylation sites (tertiary alicyclic amines) is 2. The molecule has 14 nitrogen and oxygen atoms in total. The number of nitrogens with zero attached hydrogens (tertiary/aromatic N) is 4. The Morgan fingerprint density at radius 3 is 2.00 bits per heavy atom. The molecule has 1 aliphatic carbocycles. The number of ether oxygens (including phenoxy) is 2. The van der Waals surface area contributed by atoms with Gasteiger partial charge in [0, 0.05) is 29.9 Å². The van der Waals surface area contributed by atoms with Gasteiger partial charge in [0.1, 0.15) is 23.7 Å². The number of rotatable bonds is 8. The summed E-state index contributed by atoms with van der Waals surface area (Å²) in [5.74, 6) is 7.55. The number of nitrogens with one attached hydrogen (secondary N) is 4. The summed E-state index contributed by atoms with van der Waals surface area (Å²) in [5.41, 5.74) is 5.81. The lowest BCUT2D eigenvalue weighted by Crippen LogP contribution is -2.51. The van der Waals surface area contributed by atoms with Crippen molar-refractivity contribution in [3.05, 3.63) is 77.2 Å². The molecule has 14 heteroatoms. The molecule has 2 saturated heterocycles. The molecule has 0 unspecified atom stereocenters. The van der Waals surface area contributed by atoms with E-state index in [0.29, 0.717) is 18.9 Å². The molecule has 0 bridgehead atoms. The summed E-state index contributed by atoms with van der Waals surface area (Å²) in [7, 11) is 2.58. The maximum absolute atomic E-state index is 13.7. The molecule has 2 fully saturated rings. The average Bonchev–Trinajstić information content (AvgIpc) is 4.02. The predicted octanol–water partition coefficient (Wildman–Crippen LogP) is 6.26. The average molecular weight is 779 g/mol. The maximum Gasteiger partial charge on any atom is 0.407 e. The van der Waals surface area contributed by atoms with Crippen molar-refractivity contribution >= 4 is 40.6 Å². The third kappa shape index (κ3) is 9.25. The van der Waals surface area contributed by atoms with Crippen LogP contribution >= 0.6 is 0 Å². The van der Waals surface area contributed by atoms with Crippen molar-refractivity contribution in [3.63, 3.8) is 0 Å². The highest BCUT2D eigenvalue weighted by Gasteiger charge is 2.39. The Hall–Kier alpha value is -5.84. The molecule has 4 amide bonds. The second-order valence-corrected chi connectivity index (χ2v) is 15.6. The van der Waals surface area contributed by atoms with Crippen molar-refractivity contribution in [1.82, 2.24) is 40.4 Å². The van der Waals surface area contributed by atoms with Crippen molar-refractivity contribution in [3.8, 4) is 11.8 Å². The second kappa shape index (κ2) is 18.0. The molecular formula is C43H54N8O6. The summed E-state index contributed by atoms with van der Waals surface area (Å²) < 4.78 is 9.55. The minimum Gasteiger partial charge on any atom is -0.453 e. The molecule has 2 aromatic heterocycles. The number of hydrogen-bond donors (Lipinski definition) is 4. The fourth-order valence-electron chi connectivity index (χ4n) is 7.79. The van der Waals surface area contributed by atoms with Gasteiger partial charge in [-0.1, -0.05) is 58.3 Å². The van der Waals surface area contributed by atoms with Crippen LogP contribution in [-0.2, 0) is 25.5 Å². The van der Waals surface area contributed by atoms with Crippen LogP contribution in [0.25, 0.3) is 16.6 Å². The lowest BCUT2D eigenvalue weighted by atomic mass is 10.0. The molecule has 3 aromatic rings. The highest BCUT2D eigenvalue weighted by Crippen LogP contribution is 2.35. The van der Waals surface area contributed by atoms with Gasteiger partial charge in [-0.15, -0.1) is 0 Å². The molecule has 0 radical (unpaired) electrons. The molecular weight excluding hydrogens is 725 g/mol. The van der Waals surface area contributed by atoms with Gasteiger partial charge in [0.2, 0.25) is 11.8 Å². The number of carbonyl (C=O) groups is 4. The van der Waals surface area contributed by atoms with Gasteiger partial charge < -0.3 is 39.9 Å². The zero-order valence-electron chi connectivity index (χ0n) is 33.7. The molecule has 302 valence electrons. The minimum absolute atomic E-state index is 0.116. The number of H-pyrrole nitrogens is 2. The molecule has 0 spiro atoms. The fourth-order valence-corrected chi connectivity index (χ4v) is 7.79. The van der Waals surface area contributed by atoms with Gasteiger partial charge in [-0.2, -0.15) is 0 Å². The summed E-state index contributed by atoms with van der Waals surface area (Å²) >= 11 is 0. The molecule has 4 N–H and O–H groups in total. The first-order valence-corrected chi connectivity index (χ1v) is 19.9. The molecule has 0 saturated carbocycles. The Bertz CT molecular complexity index is 2130. The van der Waals surface area contributed by atoms with Crippen LogP contribution in [0.2, 0.25) is 0 Å². The van der Waals surface area contributed by atoms with E-state index in [1.807, 2.05) is 62.9 Å². The van der Waals surface area contributed by atoms with E-state index >= 15 is 0 Å². The summed E-state index contributed by atoms with van der Waals surface area (Å²) in [5, 5.41) is 5.41. The van der Waals surface area contributed by atoms with Crippen LogP contribution in [0.4, 0.5) is 9.59 Å². The van der Waals surface area contributed by atoms with Crippen LogP contribution in [0.5, 0.6) is 0 Å². The number of aromatic nitrogens is 4. The largest absolute Gasteiger partial charge is 0.453 e. The van der Waals surface area contributed by atoms with Gasteiger partial charge in [-0.25, -0.2) is 19.6 Å². The highest BCUT2D eigenvalue weighted by molar-refractivity contribution is 5.87. The number of amides is 4. The first-order chi connectivity index (χ1) is 27.4. The van der Waals surface area contributed by atoms with Crippen LogP contribution in [0, 0.1) is 23.7 Å². The molecule has 2 aliphatic heterocycles. The number of carbonyl (C=O) groups excluding carboxylic acids is 4. The number of aromatic amines is 2. The van der Waals surface area contributed by atoms with E-state index in [1.165, 1.54) is 14.2 Å².